The van der Waals surface area contributed by atoms with Crippen molar-refractivity contribution in [3.8, 4) is 0 Å². The quantitative estimate of drug-likeness (QED) is 0.826. The van der Waals surface area contributed by atoms with Gasteiger partial charge in [0.05, 0.1) is 0 Å². The zero-order valence-corrected chi connectivity index (χ0v) is 12.3. The van der Waals surface area contributed by atoms with Crippen molar-refractivity contribution in [2.45, 2.75) is 45.1 Å². The van der Waals surface area contributed by atoms with Crippen molar-refractivity contribution in [2.24, 2.45) is 0 Å². The second-order valence-electron chi connectivity index (χ2n) is 6.10. The van der Waals surface area contributed by atoms with Crippen LogP contribution in [0.5, 0.6) is 0 Å². The maximum Gasteiger partial charge on any atom is 0.222 e. The average Bonchev–Trinajstić information content (AvgIpc) is 2.48. The molecule has 108 valence electrons. The summed E-state index contributed by atoms with van der Waals surface area (Å²) in [5.41, 5.74) is 2.64. The minimum Gasteiger partial charge on any atom is -0.371 e. The maximum atomic E-state index is 12.0. The SMILES string of the molecule is Cc1cccc(N2CCC(N3CCCCC3=O)CC2)c1. The first-order valence-corrected chi connectivity index (χ1v) is 7.85. The van der Waals surface area contributed by atoms with E-state index in [1.54, 1.807) is 0 Å². The molecule has 1 aromatic rings. The van der Waals surface area contributed by atoms with Gasteiger partial charge >= 0.3 is 0 Å². The van der Waals surface area contributed by atoms with Crippen molar-refractivity contribution in [2.75, 3.05) is 24.5 Å². The summed E-state index contributed by atoms with van der Waals surface area (Å²) in [4.78, 5) is 16.6. The molecule has 0 radical (unpaired) electrons. The molecule has 2 saturated heterocycles. The Bertz CT molecular complexity index is 478. The Morgan fingerprint density at radius 3 is 2.60 bits per heavy atom. The molecule has 0 aromatic heterocycles. The number of carbonyl (C=O) groups excluding carboxylic acids is 1. The summed E-state index contributed by atoms with van der Waals surface area (Å²) < 4.78 is 0. The Balaban J connectivity index is 1.60. The first-order valence-electron chi connectivity index (χ1n) is 7.85. The van der Waals surface area contributed by atoms with Crippen LogP contribution in [-0.2, 0) is 4.79 Å². The molecular formula is C17H24N2O. The number of anilines is 1. The molecule has 0 spiro atoms. The Labute approximate surface area is 121 Å². The molecule has 3 nitrogen and oxygen atoms in total. The van der Waals surface area contributed by atoms with Crippen LogP contribution in [0.15, 0.2) is 24.3 Å². The van der Waals surface area contributed by atoms with Gasteiger partial charge in [-0.1, -0.05) is 12.1 Å². The summed E-state index contributed by atoms with van der Waals surface area (Å²) in [6.07, 6.45) is 5.25. The fourth-order valence-corrected chi connectivity index (χ4v) is 3.47. The Hall–Kier alpha value is -1.51. The molecule has 3 heteroatoms. The summed E-state index contributed by atoms with van der Waals surface area (Å²) >= 11 is 0. The number of nitrogens with zero attached hydrogens (tertiary/aromatic N) is 2. The van der Waals surface area contributed by atoms with Crippen LogP contribution >= 0.6 is 0 Å². The van der Waals surface area contributed by atoms with Crippen LogP contribution in [-0.4, -0.2) is 36.5 Å². The van der Waals surface area contributed by atoms with Gasteiger partial charge in [-0.25, -0.2) is 0 Å². The molecule has 2 fully saturated rings. The third kappa shape index (κ3) is 2.82. The summed E-state index contributed by atoms with van der Waals surface area (Å²) in [7, 11) is 0. The van der Waals surface area contributed by atoms with Crippen molar-refractivity contribution < 1.29 is 4.79 Å². The van der Waals surface area contributed by atoms with E-state index in [0.717, 1.165) is 45.3 Å². The van der Waals surface area contributed by atoms with Crippen LogP contribution in [0, 0.1) is 6.92 Å². The lowest BCUT2D eigenvalue weighted by Gasteiger charge is -2.41. The monoisotopic (exact) mass is 272 g/mol. The normalized spacial score (nSPS) is 21.4. The van der Waals surface area contributed by atoms with E-state index in [-0.39, 0.29) is 0 Å². The molecule has 1 aromatic carbocycles. The number of likely N-dealkylation sites (tertiary alicyclic amines) is 1. The molecule has 0 N–H and O–H groups in total. The van der Waals surface area contributed by atoms with Gasteiger partial charge in [0, 0.05) is 37.8 Å². The standard InChI is InChI=1S/C17H24N2O/c1-14-5-4-6-16(13-14)18-11-8-15(9-12-18)19-10-3-2-7-17(19)20/h4-6,13,15H,2-3,7-12H2,1H3. The Morgan fingerprint density at radius 2 is 1.90 bits per heavy atom. The van der Waals surface area contributed by atoms with Crippen LogP contribution in [0.3, 0.4) is 0 Å². The second kappa shape index (κ2) is 5.86. The maximum absolute atomic E-state index is 12.0. The molecule has 0 bridgehead atoms. The topological polar surface area (TPSA) is 23.6 Å². The minimum absolute atomic E-state index is 0.380. The van der Waals surface area contributed by atoms with Gasteiger partial charge in [-0.2, -0.15) is 0 Å². The van der Waals surface area contributed by atoms with Gasteiger partial charge in [0.25, 0.3) is 0 Å². The lowest BCUT2D eigenvalue weighted by Crippen LogP contribution is -2.49. The number of carbonyl (C=O) groups is 1. The highest BCUT2D eigenvalue weighted by Crippen LogP contribution is 2.25. The second-order valence-corrected chi connectivity index (χ2v) is 6.10. The van der Waals surface area contributed by atoms with Crippen molar-refractivity contribution in [1.29, 1.82) is 0 Å². The molecule has 2 heterocycles. The number of amides is 1. The number of rotatable bonds is 2. The molecule has 0 saturated carbocycles. The first kappa shape index (κ1) is 13.5. The van der Waals surface area contributed by atoms with Crippen LogP contribution in [0.1, 0.15) is 37.7 Å². The van der Waals surface area contributed by atoms with E-state index < -0.39 is 0 Å². The zero-order chi connectivity index (χ0) is 13.9. The highest BCUT2D eigenvalue weighted by atomic mass is 16.2. The average molecular weight is 272 g/mol. The highest BCUT2D eigenvalue weighted by Gasteiger charge is 2.29. The molecule has 0 atom stereocenters. The number of aryl methyl sites for hydroxylation is 1. The van der Waals surface area contributed by atoms with E-state index >= 15 is 0 Å². The van der Waals surface area contributed by atoms with Crippen LogP contribution in [0.25, 0.3) is 0 Å². The van der Waals surface area contributed by atoms with Gasteiger partial charge in [-0.15, -0.1) is 0 Å². The van der Waals surface area contributed by atoms with Gasteiger partial charge in [0.2, 0.25) is 5.91 Å². The van der Waals surface area contributed by atoms with Gasteiger partial charge in [-0.05, 0) is 50.3 Å². The van der Waals surface area contributed by atoms with E-state index in [2.05, 4.69) is 41.0 Å². The van der Waals surface area contributed by atoms with Crippen LogP contribution in [0.2, 0.25) is 0 Å². The van der Waals surface area contributed by atoms with Gasteiger partial charge < -0.3 is 9.80 Å². The minimum atomic E-state index is 0.380. The summed E-state index contributed by atoms with van der Waals surface area (Å²) in [5, 5.41) is 0. The molecular weight excluding hydrogens is 248 g/mol. The fraction of sp³-hybridized carbons (Fsp3) is 0.588. The van der Waals surface area contributed by atoms with Gasteiger partial charge in [0.1, 0.15) is 0 Å². The molecule has 1 amide bonds. The predicted molar refractivity (Wildman–Crippen MR) is 82.0 cm³/mol. The van der Waals surface area contributed by atoms with Crippen molar-refractivity contribution in [1.82, 2.24) is 4.90 Å². The van der Waals surface area contributed by atoms with Crippen molar-refractivity contribution >= 4 is 11.6 Å². The number of hydrogen-bond donors (Lipinski definition) is 0. The lowest BCUT2D eigenvalue weighted by atomic mass is 9.99. The number of piperidine rings is 2. The Morgan fingerprint density at radius 1 is 1.10 bits per heavy atom. The highest BCUT2D eigenvalue weighted by molar-refractivity contribution is 5.77. The third-order valence-corrected chi connectivity index (χ3v) is 4.63. The van der Waals surface area contributed by atoms with E-state index in [1.165, 1.54) is 17.7 Å². The van der Waals surface area contributed by atoms with Gasteiger partial charge in [0.15, 0.2) is 0 Å². The van der Waals surface area contributed by atoms with E-state index in [0.29, 0.717) is 11.9 Å². The van der Waals surface area contributed by atoms with Crippen LogP contribution in [0.4, 0.5) is 5.69 Å². The van der Waals surface area contributed by atoms with Crippen molar-refractivity contribution in [3.63, 3.8) is 0 Å². The molecule has 20 heavy (non-hydrogen) atoms. The zero-order valence-electron chi connectivity index (χ0n) is 12.3. The summed E-state index contributed by atoms with van der Waals surface area (Å²) in [5.74, 6) is 0.380. The summed E-state index contributed by atoms with van der Waals surface area (Å²) in [6, 6.07) is 9.20. The summed E-state index contributed by atoms with van der Waals surface area (Å²) in [6.45, 7) is 5.26. The number of benzene rings is 1. The first-order chi connectivity index (χ1) is 9.74. The fourth-order valence-electron chi connectivity index (χ4n) is 3.47. The molecule has 2 aliphatic rings. The molecule has 0 aliphatic carbocycles. The molecule has 0 unspecified atom stereocenters. The van der Waals surface area contributed by atoms with E-state index in [1.807, 2.05) is 0 Å². The smallest absolute Gasteiger partial charge is 0.222 e. The van der Waals surface area contributed by atoms with Gasteiger partial charge in [-0.3, -0.25) is 4.79 Å². The number of hydrogen-bond acceptors (Lipinski definition) is 2. The molecule has 3 rings (SSSR count). The largest absolute Gasteiger partial charge is 0.371 e. The molecule has 2 aliphatic heterocycles. The van der Waals surface area contributed by atoms with E-state index in [4.69, 9.17) is 0 Å². The van der Waals surface area contributed by atoms with E-state index in [9.17, 15) is 4.79 Å². The predicted octanol–water partition coefficient (Wildman–Crippen LogP) is 2.98. The lowest BCUT2D eigenvalue weighted by molar-refractivity contribution is -0.136. The third-order valence-electron chi connectivity index (χ3n) is 4.63. The van der Waals surface area contributed by atoms with Crippen molar-refractivity contribution in [3.05, 3.63) is 29.8 Å². The van der Waals surface area contributed by atoms with Crippen LogP contribution < -0.4 is 4.90 Å². The Kier molecular flexibility index (Phi) is 3.95.